The van der Waals surface area contributed by atoms with Crippen LogP contribution in [0.3, 0.4) is 0 Å². The van der Waals surface area contributed by atoms with Crippen LogP contribution in [0.25, 0.3) is 5.76 Å². The fraction of sp³-hybridized carbons (Fsp3) is 0.545. The highest BCUT2D eigenvalue weighted by atomic mass is 19.4. The van der Waals surface area contributed by atoms with E-state index < -0.39 is 17.7 Å². The van der Waals surface area contributed by atoms with Crippen LogP contribution >= 0.6 is 0 Å². The monoisotopic (exact) mass is 413 g/mol. The van der Waals surface area contributed by atoms with Crippen molar-refractivity contribution in [2.45, 2.75) is 77.3 Å². The molecule has 7 heteroatoms. The number of allylic oxidation sites excluding steroid dienone is 1. The van der Waals surface area contributed by atoms with Gasteiger partial charge in [-0.3, -0.25) is 9.59 Å². The highest BCUT2D eigenvalue weighted by Crippen LogP contribution is 2.21. The summed E-state index contributed by atoms with van der Waals surface area (Å²) >= 11 is 0. The molecule has 0 spiro atoms. The van der Waals surface area contributed by atoms with E-state index in [-0.39, 0.29) is 17.5 Å². The molecule has 162 valence electrons. The van der Waals surface area contributed by atoms with Gasteiger partial charge in [0.15, 0.2) is 0 Å². The van der Waals surface area contributed by atoms with Crippen molar-refractivity contribution in [3.63, 3.8) is 0 Å². The Labute approximate surface area is 170 Å². The zero-order chi connectivity index (χ0) is 21.7. The normalized spacial score (nSPS) is 12.1. The van der Waals surface area contributed by atoms with Gasteiger partial charge in [-0.25, -0.2) is 0 Å². The van der Waals surface area contributed by atoms with E-state index in [0.29, 0.717) is 12.1 Å². The lowest BCUT2D eigenvalue weighted by Gasteiger charge is -2.07. The van der Waals surface area contributed by atoms with Crippen LogP contribution in [0.15, 0.2) is 30.3 Å². The molecular formula is C22H30F3NO3. The SMILES string of the molecule is CCCCCCCCCCCC(=O)Nc1ccc(/C(O)=C/C(=O)C(F)(F)F)cc1. The molecule has 0 saturated heterocycles. The first-order valence-corrected chi connectivity index (χ1v) is 10.2. The van der Waals surface area contributed by atoms with Crippen molar-refractivity contribution in [1.82, 2.24) is 0 Å². The van der Waals surface area contributed by atoms with Gasteiger partial charge in [0.25, 0.3) is 5.78 Å². The van der Waals surface area contributed by atoms with Crippen molar-refractivity contribution >= 4 is 23.1 Å². The number of hydrogen-bond acceptors (Lipinski definition) is 3. The Bertz CT molecular complexity index is 667. The molecule has 0 unspecified atom stereocenters. The highest BCUT2D eigenvalue weighted by Gasteiger charge is 2.37. The first-order valence-electron chi connectivity index (χ1n) is 10.2. The molecule has 0 radical (unpaired) electrons. The number of hydrogen-bond donors (Lipinski definition) is 2. The number of aliphatic hydroxyl groups excluding tert-OH is 1. The number of nitrogens with one attached hydrogen (secondary N) is 1. The summed E-state index contributed by atoms with van der Waals surface area (Å²) in [6.45, 7) is 2.20. The van der Waals surface area contributed by atoms with E-state index in [1.54, 1.807) is 0 Å². The van der Waals surface area contributed by atoms with Gasteiger partial charge in [0, 0.05) is 23.7 Å². The second-order valence-corrected chi connectivity index (χ2v) is 7.10. The lowest BCUT2D eigenvalue weighted by molar-refractivity contribution is -0.165. The summed E-state index contributed by atoms with van der Waals surface area (Å²) in [4.78, 5) is 22.8. The summed E-state index contributed by atoms with van der Waals surface area (Å²) in [5.74, 6) is -3.04. The fourth-order valence-corrected chi connectivity index (χ4v) is 2.83. The smallest absolute Gasteiger partial charge is 0.454 e. The van der Waals surface area contributed by atoms with Crippen LogP contribution in [0, 0.1) is 0 Å². The summed E-state index contributed by atoms with van der Waals surface area (Å²) in [5.41, 5.74) is 0.532. The number of rotatable bonds is 13. The lowest BCUT2D eigenvalue weighted by Crippen LogP contribution is -2.20. The number of anilines is 1. The Morgan fingerprint density at radius 3 is 1.97 bits per heavy atom. The number of aliphatic hydroxyl groups is 1. The summed E-state index contributed by atoms with van der Waals surface area (Å²) < 4.78 is 36.6. The molecule has 1 aromatic rings. The maximum atomic E-state index is 12.2. The third-order valence-corrected chi connectivity index (χ3v) is 4.52. The Hall–Kier alpha value is -2.31. The number of ketones is 1. The molecule has 0 bridgehead atoms. The molecule has 4 nitrogen and oxygen atoms in total. The Kier molecular flexibility index (Phi) is 11.1. The van der Waals surface area contributed by atoms with E-state index in [1.165, 1.54) is 62.8 Å². The van der Waals surface area contributed by atoms with Crippen LogP contribution in [0.4, 0.5) is 18.9 Å². The van der Waals surface area contributed by atoms with Gasteiger partial charge in [-0.1, -0.05) is 58.3 Å². The van der Waals surface area contributed by atoms with Gasteiger partial charge in [-0.05, 0) is 30.7 Å². The van der Waals surface area contributed by atoms with Crippen LogP contribution in [-0.4, -0.2) is 23.0 Å². The fourth-order valence-electron chi connectivity index (χ4n) is 2.83. The molecule has 2 N–H and O–H groups in total. The number of amides is 1. The summed E-state index contributed by atoms with van der Waals surface area (Å²) in [6, 6.07) is 5.60. The minimum atomic E-state index is -5.03. The second-order valence-electron chi connectivity index (χ2n) is 7.10. The minimum absolute atomic E-state index is 0.0551. The van der Waals surface area contributed by atoms with Gasteiger partial charge in [0.05, 0.1) is 0 Å². The van der Waals surface area contributed by atoms with Gasteiger partial charge in [-0.2, -0.15) is 13.2 Å². The molecule has 0 atom stereocenters. The maximum Gasteiger partial charge on any atom is 0.454 e. The summed E-state index contributed by atoms with van der Waals surface area (Å²) in [6.07, 6.45) is 6.00. The number of carbonyl (C=O) groups is 2. The largest absolute Gasteiger partial charge is 0.507 e. The van der Waals surface area contributed by atoms with Crippen molar-refractivity contribution in [2.24, 2.45) is 0 Å². The number of benzene rings is 1. The quantitative estimate of drug-likeness (QED) is 0.218. The Morgan fingerprint density at radius 1 is 0.931 bits per heavy atom. The lowest BCUT2D eigenvalue weighted by atomic mass is 10.1. The van der Waals surface area contributed by atoms with E-state index in [0.717, 1.165) is 19.3 Å². The van der Waals surface area contributed by atoms with Crippen LogP contribution < -0.4 is 5.32 Å². The summed E-state index contributed by atoms with van der Waals surface area (Å²) in [7, 11) is 0. The van der Waals surface area contributed by atoms with E-state index >= 15 is 0 Å². The molecular weight excluding hydrogens is 383 g/mol. The van der Waals surface area contributed by atoms with Crippen LogP contribution in [-0.2, 0) is 9.59 Å². The highest BCUT2D eigenvalue weighted by molar-refractivity contribution is 5.99. The van der Waals surface area contributed by atoms with Crippen LogP contribution in [0.1, 0.15) is 76.7 Å². The van der Waals surface area contributed by atoms with Crippen molar-refractivity contribution in [3.05, 3.63) is 35.9 Å². The summed E-state index contributed by atoms with van der Waals surface area (Å²) in [5, 5.41) is 12.3. The van der Waals surface area contributed by atoms with Crippen molar-refractivity contribution in [1.29, 1.82) is 0 Å². The predicted octanol–water partition coefficient (Wildman–Crippen LogP) is 6.58. The van der Waals surface area contributed by atoms with Crippen LogP contribution in [0.5, 0.6) is 0 Å². The minimum Gasteiger partial charge on any atom is -0.507 e. The molecule has 0 saturated carbocycles. The van der Waals surface area contributed by atoms with Gasteiger partial charge in [-0.15, -0.1) is 0 Å². The zero-order valence-corrected chi connectivity index (χ0v) is 16.9. The van der Waals surface area contributed by atoms with E-state index in [1.807, 2.05) is 0 Å². The zero-order valence-electron chi connectivity index (χ0n) is 16.9. The topological polar surface area (TPSA) is 66.4 Å². The third-order valence-electron chi connectivity index (χ3n) is 4.52. The Morgan fingerprint density at radius 2 is 1.45 bits per heavy atom. The average molecular weight is 413 g/mol. The van der Waals surface area contributed by atoms with Crippen LogP contribution in [0.2, 0.25) is 0 Å². The van der Waals surface area contributed by atoms with E-state index in [2.05, 4.69) is 12.2 Å². The van der Waals surface area contributed by atoms with E-state index in [4.69, 9.17) is 0 Å². The number of carbonyl (C=O) groups excluding carboxylic acids is 2. The molecule has 29 heavy (non-hydrogen) atoms. The third kappa shape index (κ3) is 10.7. The first kappa shape index (κ1) is 24.7. The van der Waals surface area contributed by atoms with Crippen molar-refractivity contribution in [3.8, 4) is 0 Å². The van der Waals surface area contributed by atoms with Crippen molar-refractivity contribution in [2.75, 3.05) is 5.32 Å². The molecule has 1 aromatic carbocycles. The predicted molar refractivity (Wildman–Crippen MR) is 109 cm³/mol. The van der Waals surface area contributed by atoms with Gasteiger partial charge >= 0.3 is 6.18 Å². The van der Waals surface area contributed by atoms with Gasteiger partial charge in [0.1, 0.15) is 5.76 Å². The van der Waals surface area contributed by atoms with Crippen molar-refractivity contribution < 1.29 is 27.9 Å². The number of halogens is 3. The maximum absolute atomic E-state index is 12.2. The standard InChI is InChI=1S/C22H30F3NO3/c1-2-3-4-5-6-7-8-9-10-11-21(29)26-18-14-12-17(13-15-18)19(27)16-20(28)22(23,24)25/h12-16,27H,2-11H2,1H3,(H,26,29)/b19-16-. The molecule has 0 fully saturated rings. The van der Waals surface area contributed by atoms with E-state index in [9.17, 15) is 27.9 Å². The Balaban J connectivity index is 2.31. The molecule has 1 amide bonds. The first-order chi connectivity index (χ1) is 13.7. The van der Waals surface area contributed by atoms with Gasteiger partial charge in [0.2, 0.25) is 5.91 Å². The molecule has 0 aliphatic heterocycles. The molecule has 0 aromatic heterocycles. The number of alkyl halides is 3. The second kappa shape index (κ2) is 13.0. The average Bonchev–Trinajstić information content (AvgIpc) is 2.66. The molecule has 0 aliphatic carbocycles. The molecule has 0 aliphatic rings. The van der Waals surface area contributed by atoms with Gasteiger partial charge < -0.3 is 10.4 Å². The molecule has 1 rings (SSSR count). The molecule has 0 heterocycles. The number of unbranched alkanes of at least 4 members (excludes halogenated alkanes) is 8.